The number of carbonyl (C=O) groups is 1. The van der Waals surface area contributed by atoms with Crippen LogP contribution in [0.5, 0.6) is 0 Å². The van der Waals surface area contributed by atoms with Crippen molar-refractivity contribution < 1.29 is 4.79 Å². The maximum atomic E-state index is 11.3. The fourth-order valence-electron chi connectivity index (χ4n) is 1.58. The van der Waals surface area contributed by atoms with Gasteiger partial charge < -0.3 is 10.6 Å². The number of hydrogen-bond donors (Lipinski definition) is 2. The van der Waals surface area contributed by atoms with E-state index in [1.54, 1.807) is 6.08 Å². The SMILES string of the molecule is C=CCNC(=O)CC1CCCCN1. The van der Waals surface area contributed by atoms with Gasteiger partial charge in [0.05, 0.1) is 0 Å². The summed E-state index contributed by atoms with van der Waals surface area (Å²) in [4.78, 5) is 11.3. The standard InChI is InChI=1S/C10H18N2O/c1-2-6-12-10(13)8-9-5-3-4-7-11-9/h2,9,11H,1,3-8H2,(H,12,13). The second kappa shape index (κ2) is 5.75. The van der Waals surface area contributed by atoms with Crippen LogP contribution in [-0.2, 0) is 4.79 Å². The third-order valence-electron chi connectivity index (χ3n) is 2.29. The average molecular weight is 182 g/mol. The molecule has 1 aliphatic heterocycles. The van der Waals surface area contributed by atoms with Gasteiger partial charge in [0.15, 0.2) is 0 Å². The topological polar surface area (TPSA) is 41.1 Å². The van der Waals surface area contributed by atoms with Crippen LogP contribution in [0.25, 0.3) is 0 Å². The smallest absolute Gasteiger partial charge is 0.221 e. The molecule has 0 bridgehead atoms. The highest BCUT2D eigenvalue weighted by Crippen LogP contribution is 2.09. The molecule has 1 heterocycles. The normalized spacial score (nSPS) is 22.3. The minimum Gasteiger partial charge on any atom is -0.353 e. The van der Waals surface area contributed by atoms with Crippen LogP contribution in [0, 0.1) is 0 Å². The highest BCUT2D eigenvalue weighted by Gasteiger charge is 2.15. The molecule has 0 spiro atoms. The van der Waals surface area contributed by atoms with E-state index >= 15 is 0 Å². The van der Waals surface area contributed by atoms with Gasteiger partial charge in [-0.05, 0) is 19.4 Å². The molecule has 13 heavy (non-hydrogen) atoms. The molecular formula is C10H18N2O. The molecule has 1 aliphatic rings. The Morgan fingerprint density at radius 2 is 2.46 bits per heavy atom. The van der Waals surface area contributed by atoms with E-state index in [-0.39, 0.29) is 5.91 Å². The predicted octanol–water partition coefficient (Wildman–Crippen LogP) is 0.821. The van der Waals surface area contributed by atoms with E-state index < -0.39 is 0 Å². The first kappa shape index (κ1) is 10.3. The summed E-state index contributed by atoms with van der Waals surface area (Å²) in [5, 5.41) is 6.12. The fraction of sp³-hybridized carbons (Fsp3) is 0.700. The van der Waals surface area contributed by atoms with Crippen LogP contribution in [0.3, 0.4) is 0 Å². The summed E-state index contributed by atoms with van der Waals surface area (Å²) < 4.78 is 0. The second-order valence-electron chi connectivity index (χ2n) is 3.44. The third kappa shape index (κ3) is 4.08. The van der Waals surface area contributed by atoms with Gasteiger partial charge in [0.1, 0.15) is 0 Å². The molecule has 1 fully saturated rings. The van der Waals surface area contributed by atoms with Crippen molar-refractivity contribution >= 4 is 5.91 Å². The Balaban J connectivity index is 2.14. The van der Waals surface area contributed by atoms with Crippen molar-refractivity contribution in [3.05, 3.63) is 12.7 Å². The van der Waals surface area contributed by atoms with Crippen molar-refractivity contribution in [1.82, 2.24) is 10.6 Å². The van der Waals surface area contributed by atoms with Crippen molar-refractivity contribution in [3.8, 4) is 0 Å². The predicted molar refractivity (Wildman–Crippen MR) is 53.5 cm³/mol. The Labute approximate surface area is 79.6 Å². The molecule has 2 N–H and O–H groups in total. The Bertz CT molecular complexity index is 174. The zero-order chi connectivity index (χ0) is 9.52. The summed E-state index contributed by atoms with van der Waals surface area (Å²) in [6, 6.07) is 0.388. The minimum absolute atomic E-state index is 0.124. The summed E-state index contributed by atoms with van der Waals surface area (Å²) in [5.74, 6) is 0.124. The zero-order valence-electron chi connectivity index (χ0n) is 8.01. The molecule has 1 unspecified atom stereocenters. The monoisotopic (exact) mass is 182 g/mol. The quantitative estimate of drug-likeness (QED) is 0.632. The summed E-state index contributed by atoms with van der Waals surface area (Å²) in [5.41, 5.74) is 0. The molecule has 0 saturated carbocycles. The van der Waals surface area contributed by atoms with Gasteiger partial charge in [-0.3, -0.25) is 4.79 Å². The van der Waals surface area contributed by atoms with Crippen molar-refractivity contribution in [2.45, 2.75) is 31.7 Å². The van der Waals surface area contributed by atoms with Gasteiger partial charge in [0, 0.05) is 19.0 Å². The van der Waals surface area contributed by atoms with Crippen LogP contribution in [0.2, 0.25) is 0 Å². The van der Waals surface area contributed by atoms with E-state index in [0.29, 0.717) is 19.0 Å². The number of nitrogens with one attached hydrogen (secondary N) is 2. The van der Waals surface area contributed by atoms with Crippen LogP contribution in [0.1, 0.15) is 25.7 Å². The Hall–Kier alpha value is -0.830. The number of amides is 1. The van der Waals surface area contributed by atoms with Crippen LogP contribution >= 0.6 is 0 Å². The summed E-state index contributed by atoms with van der Waals surface area (Å²) >= 11 is 0. The van der Waals surface area contributed by atoms with Gasteiger partial charge in [0.25, 0.3) is 0 Å². The molecule has 1 amide bonds. The Morgan fingerprint density at radius 3 is 3.08 bits per heavy atom. The highest BCUT2D eigenvalue weighted by molar-refractivity contribution is 5.76. The van der Waals surface area contributed by atoms with E-state index in [9.17, 15) is 4.79 Å². The van der Waals surface area contributed by atoms with Crippen molar-refractivity contribution in [3.63, 3.8) is 0 Å². The van der Waals surface area contributed by atoms with E-state index in [4.69, 9.17) is 0 Å². The minimum atomic E-state index is 0.124. The largest absolute Gasteiger partial charge is 0.353 e. The van der Waals surface area contributed by atoms with Gasteiger partial charge in [-0.2, -0.15) is 0 Å². The molecule has 1 atom stereocenters. The lowest BCUT2D eigenvalue weighted by Crippen LogP contribution is -2.38. The lowest BCUT2D eigenvalue weighted by atomic mass is 10.0. The maximum Gasteiger partial charge on any atom is 0.221 e. The summed E-state index contributed by atoms with van der Waals surface area (Å²) in [7, 11) is 0. The Kier molecular flexibility index (Phi) is 4.54. The van der Waals surface area contributed by atoms with E-state index in [0.717, 1.165) is 13.0 Å². The van der Waals surface area contributed by atoms with Gasteiger partial charge in [-0.1, -0.05) is 12.5 Å². The molecule has 1 rings (SSSR count). The number of rotatable bonds is 4. The van der Waals surface area contributed by atoms with Crippen LogP contribution in [0.15, 0.2) is 12.7 Å². The fourth-order valence-corrected chi connectivity index (χ4v) is 1.58. The van der Waals surface area contributed by atoms with E-state index in [1.165, 1.54) is 12.8 Å². The molecule has 0 aromatic carbocycles. The zero-order valence-corrected chi connectivity index (χ0v) is 8.01. The molecule has 0 aliphatic carbocycles. The first-order valence-corrected chi connectivity index (χ1v) is 4.94. The van der Waals surface area contributed by atoms with Crippen molar-refractivity contribution in [2.24, 2.45) is 0 Å². The van der Waals surface area contributed by atoms with Gasteiger partial charge >= 0.3 is 0 Å². The van der Waals surface area contributed by atoms with Crippen LogP contribution < -0.4 is 10.6 Å². The molecule has 0 radical (unpaired) electrons. The summed E-state index contributed by atoms with van der Waals surface area (Å²) in [6.45, 7) is 5.18. The van der Waals surface area contributed by atoms with Crippen molar-refractivity contribution in [2.75, 3.05) is 13.1 Å². The van der Waals surface area contributed by atoms with Gasteiger partial charge in [-0.15, -0.1) is 6.58 Å². The van der Waals surface area contributed by atoms with Crippen molar-refractivity contribution in [1.29, 1.82) is 0 Å². The highest BCUT2D eigenvalue weighted by atomic mass is 16.1. The molecule has 74 valence electrons. The summed E-state index contributed by atoms with van der Waals surface area (Å²) in [6.07, 6.45) is 5.92. The first-order valence-electron chi connectivity index (χ1n) is 4.94. The number of carbonyl (C=O) groups excluding carboxylic acids is 1. The van der Waals surface area contributed by atoms with Crippen LogP contribution in [0.4, 0.5) is 0 Å². The molecule has 3 nitrogen and oxygen atoms in total. The molecule has 0 aromatic rings. The van der Waals surface area contributed by atoms with Crippen LogP contribution in [-0.4, -0.2) is 25.0 Å². The second-order valence-corrected chi connectivity index (χ2v) is 3.44. The van der Waals surface area contributed by atoms with E-state index in [1.807, 2.05) is 0 Å². The lowest BCUT2D eigenvalue weighted by Gasteiger charge is -2.22. The number of piperidine rings is 1. The molecule has 0 aromatic heterocycles. The third-order valence-corrected chi connectivity index (χ3v) is 2.29. The molecule has 3 heteroatoms. The maximum absolute atomic E-state index is 11.3. The molecular weight excluding hydrogens is 164 g/mol. The van der Waals surface area contributed by atoms with Gasteiger partial charge in [0.2, 0.25) is 5.91 Å². The lowest BCUT2D eigenvalue weighted by molar-refractivity contribution is -0.121. The molecule has 1 saturated heterocycles. The first-order chi connectivity index (χ1) is 6.33. The number of hydrogen-bond acceptors (Lipinski definition) is 2. The average Bonchev–Trinajstić information content (AvgIpc) is 2.16. The Morgan fingerprint density at radius 1 is 1.62 bits per heavy atom. The van der Waals surface area contributed by atoms with E-state index in [2.05, 4.69) is 17.2 Å². The van der Waals surface area contributed by atoms with Gasteiger partial charge in [-0.25, -0.2) is 0 Å².